The number of rotatable bonds is 2. The molecule has 2 N–H and O–H groups in total. The zero-order valence-corrected chi connectivity index (χ0v) is 11.7. The average Bonchev–Trinajstić information content (AvgIpc) is 2.38. The standard InChI is InChI=1S/C13H17N3O2S/c1-10-4-2-3-7-16(10)19(17,18)13-6-5-12(15)8-11(13)9-14/h5-6,8,10H,2-4,7,15H2,1H3. The summed E-state index contributed by atoms with van der Waals surface area (Å²) in [5.41, 5.74) is 6.09. The van der Waals surface area contributed by atoms with Crippen molar-refractivity contribution in [3.63, 3.8) is 0 Å². The molecular formula is C13H17N3O2S. The number of anilines is 1. The third kappa shape index (κ3) is 2.57. The highest BCUT2D eigenvalue weighted by Gasteiger charge is 2.32. The van der Waals surface area contributed by atoms with Crippen LogP contribution in [0.2, 0.25) is 0 Å². The van der Waals surface area contributed by atoms with Crippen LogP contribution in [0.25, 0.3) is 0 Å². The highest BCUT2D eigenvalue weighted by atomic mass is 32.2. The molecule has 102 valence electrons. The monoisotopic (exact) mass is 279 g/mol. The molecule has 1 saturated heterocycles. The van der Waals surface area contributed by atoms with E-state index >= 15 is 0 Å². The van der Waals surface area contributed by atoms with Gasteiger partial charge in [0.2, 0.25) is 10.0 Å². The zero-order chi connectivity index (χ0) is 14.0. The Kier molecular flexibility index (Phi) is 3.78. The van der Waals surface area contributed by atoms with Gasteiger partial charge < -0.3 is 5.73 Å². The Morgan fingerprint density at radius 3 is 2.79 bits per heavy atom. The van der Waals surface area contributed by atoms with Crippen molar-refractivity contribution in [2.75, 3.05) is 12.3 Å². The van der Waals surface area contributed by atoms with E-state index < -0.39 is 10.0 Å². The van der Waals surface area contributed by atoms with Gasteiger partial charge in [0.1, 0.15) is 11.0 Å². The van der Waals surface area contributed by atoms with E-state index in [4.69, 9.17) is 11.0 Å². The Hall–Kier alpha value is -1.58. The van der Waals surface area contributed by atoms with E-state index in [-0.39, 0.29) is 16.5 Å². The Morgan fingerprint density at radius 2 is 2.16 bits per heavy atom. The van der Waals surface area contributed by atoms with E-state index in [1.54, 1.807) is 0 Å². The molecule has 0 radical (unpaired) electrons. The van der Waals surface area contributed by atoms with Crippen molar-refractivity contribution in [2.45, 2.75) is 37.1 Å². The summed E-state index contributed by atoms with van der Waals surface area (Å²) in [6.07, 6.45) is 2.76. The van der Waals surface area contributed by atoms with Crippen LogP contribution < -0.4 is 5.73 Å². The molecule has 5 nitrogen and oxygen atoms in total. The van der Waals surface area contributed by atoms with E-state index in [9.17, 15) is 8.42 Å². The van der Waals surface area contributed by atoms with Crippen molar-refractivity contribution in [3.8, 4) is 6.07 Å². The topological polar surface area (TPSA) is 87.2 Å². The minimum atomic E-state index is -3.62. The van der Waals surface area contributed by atoms with Crippen molar-refractivity contribution in [1.82, 2.24) is 4.31 Å². The normalized spacial score (nSPS) is 20.9. The number of benzene rings is 1. The first kappa shape index (κ1) is 13.8. The Balaban J connectivity index is 2.48. The number of nitriles is 1. The molecule has 1 aliphatic heterocycles. The van der Waals surface area contributed by atoms with Gasteiger partial charge in [0, 0.05) is 18.3 Å². The van der Waals surface area contributed by atoms with Crippen LogP contribution in [0.1, 0.15) is 31.7 Å². The first-order valence-electron chi connectivity index (χ1n) is 6.28. The average molecular weight is 279 g/mol. The summed E-state index contributed by atoms with van der Waals surface area (Å²) in [6.45, 7) is 2.42. The van der Waals surface area contributed by atoms with Crippen molar-refractivity contribution >= 4 is 15.7 Å². The zero-order valence-electron chi connectivity index (χ0n) is 10.8. The van der Waals surface area contributed by atoms with Gasteiger partial charge in [-0.1, -0.05) is 6.42 Å². The molecule has 1 heterocycles. The maximum atomic E-state index is 12.6. The summed E-state index contributed by atoms with van der Waals surface area (Å²) in [6, 6.07) is 6.23. The second kappa shape index (κ2) is 5.19. The quantitative estimate of drug-likeness (QED) is 0.835. The van der Waals surface area contributed by atoms with E-state index in [0.717, 1.165) is 19.3 Å². The van der Waals surface area contributed by atoms with Gasteiger partial charge in [0.05, 0.1) is 5.56 Å². The van der Waals surface area contributed by atoms with Crippen LogP contribution in [0.4, 0.5) is 5.69 Å². The highest BCUT2D eigenvalue weighted by molar-refractivity contribution is 7.89. The van der Waals surface area contributed by atoms with Crippen LogP contribution in [0.5, 0.6) is 0 Å². The third-order valence-electron chi connectivity index (χ3n) is 3.45. The Bertz CT molecular complexity index is 619. The van der Waals surface area contributed by atoms with Gasteiger partial charge in [-0.25, -0.2) is 8.42 Å². The van der Waals surface area contributed by atoms with Crippen LogP contribution >= 0.6 is 0 Å². The van der Waals surface area contributed by atoms with Crippen LogP contribution in [0.15, 0.2) is 23.1 Å². The lowest BCUT2D eigenvalue weighted by molar-refractivity contribution is 0.268. The first-order chi connectivity index (χ1) is 8.96. The fourth-order valence-corrected chi connectivity index (χ4v) is 4.24. The first-order valence-corrected chi connectivity index (χ1v) is 7.72. The maximum absolute atomic E-state index is 12.6. The summed E-state index contributed by atoms with van der Waals surface area (Å²) in [7, 11) is -3.62. The molecule has 0 amide bonds. The Morgan fingerprint density at radius 1 is 1.42 bits per heavy atom. The van der Waals surface area contributed by atoms with E-state index in [0.29, 0.717) is 12.2 Å². The number of piperidine rings is 1. The summed E-state index contributed by atoms with van der Waals surface area (Å²) < 4.78 is 26.7. The van der Waals surface area contributed by atoms with Crippen molar-refractivity contribution < 1.29 is 8.42 Å². The molecule has 19 heavy (non-hydrogen) atoms. The van der Waals surface area contributed by atoms with Crippen LogP contribution in [0, 0.1) is 11.3 Å². The molecule has 1 aromatic rings. The molecule has 0 aromatic heterocycles. The number of sulfonamides is 1. The van der Waals surface area contributed by atoms with Gasteiger partial charge in [0.15, 0.2) is 0 Å². The molecule has 0 aliphatic carbocycles. The van der Waals surface area contributed by atoms with Gasteiger partial charge in [-0.15, -0.1) is 0 Å². The molecule has 1 atom stereocenters. The fourth-order valence-electron chi connectivity index (χ4n) is 2.42. The fraction of sp³-hybridized carbons (Fsp3) is 0.462. The second-order valence-corrected chi connectivity index (χ2v) is 6.69. The molecule has 6 heteroatoms. The number of hydrogen-bond acceptors (Lipinski definition) is 4. The summed E-state index contributed by atoms with van der Waals surface area (Å²) in [4.78, 5) is 0.0537. The number of nitrogen functional groups attached to an aromatic ring is 1. The molecule has 0 spiro atoms. The van der Waals surface area contributed by atoms with Gasteiger partial charge >= 0.3 is 0 Å². The minimum Gasteiger partial charge on any atom is -0.399 e. The molecular weight excluding hydrogens is 262 g/mol. The summed E-state index contributed by atoms with van der Waals surface area (Å²) in [5, 5.41) is 9.08. The highest BCUT2D eigenvalue weighted by Crippen LogP contribution is 2.27. The molecule has 0 saturated carbocycles. The molecule has 0 bridgehead atoms. The third-order valence-corrected chi connectivity index (χ3v) is 5.52. The molecule has 1 aromatic carbocycles. The number of hydrogen-bond donors (Lipinski definition) is 1. The molecule has 1 aliphatic rings. The second-order valence-electron chi connectivity index (χ2n) is 4.83. The van der Waals surface area contributed by atoms with Gasteiger partial charge in [-0.3, -0.25) is 0 Å². The number of nitrogens with zero attached hydrogens (tertiary/aromatic N) is 2. The lowest BCUT2D eigenvalue weighted by Gasteiger charge is -2.32. The lowest BCUT2D eigenvalue weighted by atomic mass is 10.1. The largest absolute Gasteiger partial charge is 0.399 e. The predicted molar refractivity (Wildman–Crippen MR) is 72.8 cm³/mol. The minimum absolute atomic E-state index is 0.0251. The lowest BCUT2D eigenvalue weighted by Crippen LogP contribution is -2.42. The van der Waals surface area contributed by atoms with Crippen molar-refractivity contribution in [1.29, 1.82) is 5.26 Å². The van der Waals surface area contributed by atoms with Crippen LogP contribution in [0.3, 0.4) is 0 Å². The Labute approximate surface area is 113 Å². The van der Waals surface area contributed by atoms with Crippen LogP contribution in [-0.2, 0) is 10.0 Å². The van der Waals surface area contributed by atoms with E-state index in [2.05, 4.69) is 0 Å². The number of nitrogens with two attached hydrogens (primary N) is 1. The van der Waals surface area contributed by atoms with Crippen molar-refractivity contribution in [2.24, 2.45) is 0 Å². The summed E-state index contributed by atoms with van der Waals surface area (Å²) >= 11 is 0. The van der Waals surface area contributed by atoms with Crippen LogP contribution in [-0.4, -0.2) is 25.3 Å². The molecule has 1 unspecified atom stereocenters. The van der Waals surface area contributed by atoms with Gasteiger partial charge in [0.25, 0.3) is 0 Å². The predicted octanol–water partition coefficient (Wildman–Crippen LogP) is 1.70. The van der Waals surface area contributed by atoms with E-state index in [1.807, 2.05) is 13.0 Å². The van der Waals surface area contributed by atoms with Gasteiger partial charge in [-0.2, -0.15) is 9.57 Å². The summed E-state index contributed by atoms with van der Waals surface area (Å²) in [5.74, 6) is 0. The molecule has 2 rings (SSSR count). The van der Waals surface area contributed by atoms with Gasteiger partial charge in [-0.05, 0) is 38.0 Å². The molecule has 1 fully saturated rings. The maximum Gasteiger partial charge on any atom is 0.244 e. The smallest absolute Gasteiger partial charge is 0.244 e. The SMILES string of the molecule is CC1CCCCN1S(=O)(=O)c1ccc(N)cc1C#N. The van der Waals surface area contributed by atoms with E-state index in [1.165, 1.54) is 22.5 Å². The van der Waals surface area contributed by atoms with Crippen molar-refractivity contribution in [3.05, 3.63) is 23.8 Å².